The number of hydrogen-bond donors (Lipinski definition) is 0. The molecule has 0 rings (SSSR count). The minimum absolute atomic E-state index is 0.0463. The molecule has 0 N–H and O–H groups in total. The van der Waals surface area contributed by atoms with Gasteiger partial charge in [-0.1, -0.05) is 6.92 Å². The summed E-state index contributed by atoms with van der Waals surface area (Å²) in [5.74, 6) is -0.332. The molecule has 16 heavy (non-hydrogen) atoms. The maximum Gasteiger partial charge on any atom is 0.310 e. The Morgan fingerprint density at radius 2 is 1.62 bits per heavy atom. The van der Waals surface area contributed by atoms with E-state index in [1.807, 2.05) is 6.92 Å². The first-order chi connectivity index (χ1) is 7.53. The molecule has 0 saturated heterocycles. The van der Waals surface area contributed by atoms with Gasteiger partial charge in [-0.05, 0) is 6.92 Å². The molecule has 0 radical (unpaired) electrons. The molecule has 0 aliphatic heterocycles. The number of ether oxygens (including phenoxy) is 3. The van der Waals surface area contributed by atoms with Gasteiger partial charge in [0.05, 0.1) is 26.2 Å². The molecule has 0 aliphatic rings. The molecular weight excluding hydrogens is 212 g/mol. The highest BCUT2D eigenvalue weighted by Crippen LogP contribution is 1.96. The number of carbonyl (C=O) groups is 2. The van der Waals surface area contributed by atoms with Crippen LogP contribution in [0.2, 0.25) is 0 Å². The summed E-state index contributed by atoms with van der Waals surface area (Å²) in [4.78, 5) is 20.4. The van der Waals surface area contributed by atoms with Gasteiger partial charge < -0.3 is 19.0 Å². The number of esters is 1. The molecule has 5 nitrogen and oxygen atoms in total. The summed E-state index contributed by atoms with van der Waals surface area (Å²) in [6.45, 7) is 4.53. The highest BCUT2D eigenvalue weighted by Gasteiger charge is 2.11. The largest absolute Gasteiger partial charge is 0.469 e. The van der Waals surface area contributed by atoms with Crippen molar-refractivity contribution in [3.8, 4) is 0 Å². The fourth-order valence-electron chi connectivity index (χ4n) is 0.821. The molecule has 96 valence electrons. The van der Waals surface area contributed by atoms with E-state index >= 15 is 0 Å². The highest BCUT2D eigenvalue weighted by atomic mass is 16.5. The van der Waals surface area contributed by atoms with Crippen molar-refractivity contribution in [1.82, 2.24) is 0 Å². The minimum Gasteiger partial charge on any atom is -0.469 e. The molecule has 0 spiro atoms. The van der Waals surface area contributed by atoms with Gasteiger partial charge in [0, 0.05) is 20.1 Å². The predicted octanol–water partition coefficient (Wildman–Crippen LogP) is 0.910. The Hall–Kier alpha value is -0.940. The topological polar surface area (TPSA) is 61.8 Å². The van der Waals surface area contributed by atoms with Crippen LogP contribution in [0.4, 0.5) is 0 Å². The molecule has 2 atom stereocenters. The molecule has 0 heterocycles. The van der Waals surface area contributed by atoms with Gasteiger partial charge in [-0.2, -0.15) is 0 Å². The summed E-state index contributed by atoms with van der Waals surface area (Å²) in [5.41, 5.74) is 0. The average Bonchev–Trinajstić information content (AvgIpc) is 2.29. The molecule has 0 aliphatic carbocycles. The highest BCUT2D eigenvalue weighted by molar-refractivity contribution is 5.71. The summed E-state index contributed by atoms with van der Waals surface area (Å²) in [6, 6.07) is 0. The number of hydrogen-bond acceptors (Lipinski definition) is 5. The van der Waals surface area contributed by atoms with Crippen molar-refractivity contribution in [3.63, 3.8) is 0 Å². The van der Waals surface area contributed by atoms with Crippen LogP contribution in [0, 0.1) is 11.8 Å². The molecule has 0 saturated carbocycles. The van der Waals surface area contributed by atoms with Crippen molar-refractivity contribution >= 4 is 12.3 Å². The number of aldehydes is 1. The van der Waals surface area contributed by atoms with Crippen molar-refractivity contribution in [1.29, 1.82) is 0 Å². The molecule has 0 fully saturated rings. The van der Waals surface area contributed by atoms with Gasteiger partial charge in [0.15, 0.2) is 0 Å². The quantitative estimate of drug-likeness (QED) is 0.505. The van der Waals surface area contributed by atoms with E-state index in [2.05, 4.69) is 9.47 Å². The van der Waals surface area contributed by atoms with Crippen molar-refractivity contribution in [2.24, 2.45) is 11.8 Å². The first-order valence-corrected chi connectivity index (χ1v) is 5.04. The lowest BCUT2D eigenvalue weighted by Gasteiger charge is -2.05. The van der Waals surface area contributed by atoms with Crippen molar-refractivity contribution in [2.45, 2.75) is 13.8 Å². The lowest BCUT2D eigenvalue weighted by Crippen LogP contribution is -2.17. The van der Waals surface area contributed by atoms with Gasteiger partial charge in [0.1, 0.15) is 6.29 Å². The first kappa shape index (κ1) is 17.5. The Morgan fingerprint density at radius 1 is 1.12 bits per heavy atom. The van der Waals surface area contributed by atoms with Gasteiger partial charge >= 0.3 is 5.97 Å². The Labute approximate surface area is 97.1 Å². The third-order valence-corrected chi connectivity index (χ3v) is 1.68. The molecule has 2 unspecified atom stereocenters. The van der Waals surface area contributed by atoms with Gasteiger partial charge in [-0.25, -0.2) is 0 Å². The summed E-state index contributed by atoms with van der Waals surface area (Å²) in [5, 5.41) is 0. The molecule has 0 aromatic heterocycles. The Balaban J connectivity index is 0. The van der Waals surface area contributed by atoms with E-state index in [0.29, 0.717) is 13.2 Å². The number of rotatable bonds is 6. The van der Waals surface area contributed by atoms with Crippen LogP contribution in [-0.2, 0) is 23.8 Å². The fraction of sp³-hybridized carbons (Fsp3) is 0.818. The smallest absolute Gasteiger partial charge is 0.310 e. The second-order valence-electron chi connectivity index (χ2n) is 3.45. The van der Waals surface area contributed by atoms with Crippen LogP contribution < -0.4 is 0 Å². The van der Waals surface area contributed by atoms with Crippen molar-refractivity contribution in [3.05, 3.63) is 0 Å². The van der Waals surface area contributed by atoms with E-state index in [-0.39, 0.29) is 17.8 Å². The van der Waals surface area contributed by atoms with Crippen LogP contribution in [0.1, 0.15) is 13.8 Å². The van der Waals surface area contributed by atoms with Crippen LogP contribution >= 0.6 is 0 Å². The average molecular weight is 234 g/mol. The molecule has 5 heteroatoms. The standard InChI is InChI=1S/C6H12O3.C5H10O2/c1-5(4-8-2)6(7)9-3;1-5(3-6)4-7-2/h5H,4H2,1-3H3;3,5H,4H2,1-2H3. The maximum absolute atomic E-state index is 10.6. The zero-order valence-corrected chi connectivity index (χ0v) is 10.7. The van der Waals surface area contributed by atoms with Crippen LogP contribution in [0.3, 0.4) is 0 Å². The molecule has 0 amide bonds. The second kappa shape index (κ2) is 12.1. The SMILES string of the molecule is COCC(C)C(=O)OC.COCC(C)C=O. The predicted molar refractivity (Wildman–Crippen MR) is 60.2 cm³/mol. The monoisotopic (exact) mass is 234 g/mol. The van der Waals surface area contributed by atoms with E-state index in [4.69, 9.17) is 4.74 Å². The molecule has 0 bridgehead atoms. The van der Waals surface area contributed by atoms with E-state index in [1.54, 1.807) is 21.1 Å². The van der Waals surface area contributed by atoms with Crippen LogP contribution in [0.15, 0.2) is 0 Å². The third kappa shape index (κ3) is 11.1. The van der Waals surface area contributed by atoms with Crippen LogP contribution in [0.25, 0.3) is 0 Å². The summed E-state index contributed by atoms with van der Waals surface area (Å²) >= 11 is 0. The Bertz CT molecular complexity index is 181. The van der Waals surface area contributed by atoms with E-state index in [0.717, 1.165) is 6.29 Å². The first-order valence-electron chi connectivity index (χ1n) is 5.04. The Morgan fingerprint density at radius 3 is 1.88 bits per heavy atom. The zero-order valence-electron chi connectivity index (χ0n) is 10.7. The Kier molecular flexibility index (Phi) is 13.2. The van der Waals surface area contributed by atoms with Gasteiger partial charge in [0.25, 0.3) is 0 Å². The van der Waals surface area contributed by atoms with E-state index < -0.39 is 0 Å². The van der Waals surface area contributed by atoms with E-state index in [9.17, 15) is 9.59 Å². The fourth-order valence-corrected chi connectivity index (χ4v) is 0.821. The van der Waals surface area contributed by atoms with Gasteiger partial charge in [0.2, 0.25) is 0 Å². The summed E-state index contributed by atoms with van der Waals surface area (Å²) in [7, 11) is 4.51. The van der Waals surface area contributed by atoms with Crippen LogP contribution in [-0.4, -0.2) is 46.8 Å². The van der Waals surface area contributed by atoms with E-state index in [1.165, 1.54) is 7.11 Å². The van der Waals surface area contributed by atoms with Crippen molar-refractivity contribution < 1.29 is 23.8 Å². The van der Waals surface area contributed by atoms with Gasteiger partial charge in [-0.15, -0.1) is 0 Å². The number of methoxy groups -OCH3 is 3. The normalized spacial score (nSPS) is 13.1. The summed E-state index contributed by atoms with van der Waals surface area (Å²) < 4.78 is 13.8. The molecular formula is C11H22O5. The minimum atomic E-state index is -0.225. The lowest BCUT2D eigenvalue weighted by molar-refractivity contribution is -0.146. The lowest BCUT2D eigenvalue weighted by atomic mass is 10.2. The number of carbonyl (C=O) groups excluding carboxylic acids is 2. The maximum atomic E-state index is 10.6. The van der Waals surface area contributed by atoms with Gasteiger partial charge in [-0.3, -0.25) is 4.79 Å². The van der Waals surface area contributed by atoms with Crippen LogP contribution in [0.5, 0.6) is 0 Å². The zero-order chi connectivity index (χ0) is 13.0. The second-order valence-corrected chi connectivity index (χ2v) is 3.45. The summed E-state index contributed by atoms with van der Waals surface area (Å²) in [6.07, 6.45) is 0.878. The molecule has 0 aromatic carbocycles. The molecule has 0 aromatic rings. The van der Waals surface area contributed by atoms with Crippen molar-refractivity contribution in [2.75, 3.05) is 34.5 Å². The third-order valence-electron chi connectivity index (χ3n) is 1.68.